The molecule has 0 saturated carbocycles. The second-order valence-corrected chi connectivity index (χ2v) is 5.44. The molecule has 0 fully saturated rings. The van der Waals surface area contributed by atoms with Crippen LogP contribution in [-0.4, -0.2) is 19.9 Å². The lowest BCUT2D eigenvalue weighted by Crippen LogP contribution is -2.04. The second-order valence-electron chi connectivity index (χ2n) is 3.97. The lowest BCUT2D eigenvalue weighted by atomic mass is 10.3. The molecule has 0 radical (unpaired) electrons. The largest absolute Gasteiger partial charge is 0.378 e. The van der Waals surface area contributed by atoms with Crippen molar-refractivity contribution in [2.75, 3.05) is 11.1 Å². The van der Waals surface area contributed by atoms with Gasteiger partial charge in [0.2, 0.25) is 11.6 Å². The van der Waals surface area contributed by atoms with E-state index in [0.29, 0.717) is 10.2 Å². The van der Waals surface area contributed by atoms with Crippen LogP contribution in [0.3, 0.4) is 0 Å². The van der Waals surface area contributed by atoms with Crippen molar-refractivity contribution in [3.8, 4) is 0 Å². The molecule has 0 unspecified atom stereocenters. The van der Waals surface area contributed by atoms with E-state index in [1.165, 1.54) is 11.3 Å². The minimum atomic E-state index is -0.637. The molecular weight excluding hydrogens is 316 g/mol. The van der Waals surface area contributed by atoms with Crippen LogP contribution in [0.4, 0.5) is 22.5 Å². The average molecular weight is 323 g/mol. The van der Waals surface area contributed by atoms with Crippen LogP contribution < -0.4 is 11.1 Å². The smallest absolute Gasteiger partial charge is 0.353 e. The van der Waals surface area contributed by atoms with Crippen molar-refractivity contribution in [3.05, 3.63) is 39.7 Å². The minimum Gasteiger partial charge on any atom is -0.378 e. The summed E-state index contributed by atoms with van der Waals surface area (Å²) in [6.07, 6.45) is 1.15. The van der Waals surface area contributed by atoms with E-state index in [1.807, 2.05) is 0 Å². The Balaban J connectivity index is 2.02. The summed E-state index contributed by atoms with van der Waals surface area (Å²) < 4.78 is 0.856. The number of hydrogen-bond donors (Lipinski definition) is 2. The standard InChI is InChI=1S/C11H7ClN6O2S/c12-5-1-2-6-7(3-5)21-11(16-6)17-10-8(18(19)20)9(13)14-4-15-10/h1-4H,(H3,13,14,15,16,17). The second kappa shape index (κ2) is 5.11. The summed E-state index contributed by atoms with van der Waals surface area (Å²) >= 11 is 7.21. The molecule has 0 spiro atoms. The van der Waals surface area contributed by atoms with Crippen molar-refractivity contribution >= 4 is 55.6 Å². The van der Waals surface area contributed by atoms with Gasteiger partial charge < -0.3 is 11.1 Å². The van der Waals surface area contributed by atoms with E-state index in [4.69, 9.17) is 17.3 Å². The van der Waals surface area contributed by atoms with Crippen molar-refractivity contribution in [2.45, 2.75) is 0 Å². The molecule has 1 aromatic carbocycles. The van der Waals surface area contributed by atoms with Gasteiger partial charge in [-0.3, -0.25) is 10.1 Å². The zero-order valence-corrected chi connectivity index (χ0v) is 11.9. The van der Waals surface area contributed by atoms with Crippen molar-refractivity contribution < 1.29 is 4.92 Å². The number of nitrogen functional groups attached to an aromatic ring is 1. The SMILES string of the molecule is Nc1ncnc(Nc2nc3ccc(Cl)cc3s2)c1[N+](=O)[O-]. The molecule has 3 rings (SSSR count). The fourth-order valence-corrected chi connectivity index (χ4v) is 2.86. The lowest BCUT2D eigenvalue weighted by molar-refractivity contribution is -0.383. The van der Waals surface area contributed by atoms with Gasteiger partial charge in [0, 0.05) is 5.02 Å². The highest BCUT2D eigenvalue weighted by atomic mass is 35.5. The van der Waals surface area contributed by atoms with Gasteiger partial charge in [0.25, 0.3) is 0 Å². The Bertz CT molecular complexity index is 852. The first-order valence-corrected chi connectivity index (χ1v) is 6.82. The maximum atomic E-state index is 11.0. The van der Waals surface area contributed by atoms with Gasteiger partial charge in [0.15, 0.2) is 5.13 Å². The summed E-state index contributed by atoms with van der Waals surface area (Å²) in [7, 11) is 0. The Kier molecular flexibility index (Phi) is 3.28. The van der Waals surface area contributed by atoms with Gasteiger partial charge >= 0.3 is 5.69 Å². The van der Waals surface area contributed by atoms with Crippen molar-refractivity contribution in [1.82, 2.24) is 15.0 Å². The van der Waals surface area contributed by atoms with Crippen LogP contribution in [-0.2, 0) is 0 Å². The van der Waals surface area contributed by atoms with Gasteiger partial charge in [-0.05, 0) is 18.2 Å². The summed E-state index contributed by atoms with van der Waals surface area (Å²) in [4.78, 5) is 22.1. The number of rotatable bonds is 3. The predicted molar refractivity (Wildman–Crippen MR) is 81.0 cm³/mol. The third-order valence-corrected chi connectivity index (χ3v) is 3.78. The number of nitrogens with zero attached hydrogens (tertiary/aromatic N) is 4. The third-order valence-electron chi connectivity index (χ3n) is 2.61. The number of fused-ring (bicyclic) bond motifs is 1. The monoisotopic (exact) mass is 322 g/mol. The molecule has 0 aliphatic carbocycles. The molecule has 2 aromatic heterocycles. The number of hydrogen-bond acceptors (Lipinski definition) is 8. The Morgan fingerprint density at radius 3 is 2.95 bits per heavy atom. The summed E-state index contributed by atoms with van der Waals surface area (Å²) in [5, 5.41) is 14.9. The fraction of sp³-hybridized carbons (Fsp3) is 0. The van der Waals surface area contributed by atoms with Crippen LogP contribution in [0.2, 0.25) is 5.02 Å². The lowest BCUT2D eigenvalue weighted by Gasteiger charge is -2.03. The molecule has 0 amide bonds. The summed E-state index contributed by atoms with van der Waals surface area (Å²) in [6.45, 7) is 0. The zero-order chi connectivity index (χ0) is 15.0. The molecule has 0 saturated heterocycles. The van der Waals surface area contributed by atoms with Gasteiger partial charge in [0.05, 0.1) is 15.1 Å². The average Bonchev–Trinajstić information content (AvgIpc) is 2.79. The summed E-state index contributed by atoms with van der Waals surface area (Å²) in [5.41, 5.74) is 5.86. The van der Waals surface area contributed by atoms with Crippen LogP contribution >= 0.6 is 22.9 Å². The van der Waals surface area contributed by atoms with Crippen LogP contribution in [0.1, 0.15) is 0 Å². The summed E-state index contributed by atoms with van der Waals surface area (Å²) in [6, 6.07) is 5.25. The first-order valence-electron chi connectivity index (χ1n) is 5.62. The zero-order valence-electron chi connectivity index (χ0n) is 10.3. The van der Waals surface area contributed by atoms with Gasteiger partial charge in [-0.1, -0.05) is 22.9 Å². The molecule has 2 heterocycles. The normalized spacial score (nSPS) is 10.7. The quantitative estimate of drug-likeness (QED) is 0.561. The van der Waals surface area contributed by atoms with E-state index < -0.39 is 4.92 Å². The van der Waals surface area contributed by atoms with Crippen LogP contribution in [0, 0.1) is 10.1 Å². The molecule has 0 aliphatic heterocycles. The Hall–Kier alpha value is -2.52. The fourth-order valence-electron chi connectivity index (χ4n) is 1.72. The maximum Gasteiger partial charge on any atom is 0.353 e. The molecule has 21 heavy (non-hydrogen) atoms. The number of nitrogens with two attached hydrogens (primary N) is 1. The summed E-state index contributed by atoms with van der Waals surface area (Å²) in [5.74, 6) is -0.209. The highest BCUT2D eigenvalue weighted by Gasteiger charge is 2.21. The van der Waals surface area contributed by atoms with Crippen molar-refractivity contribution in [3.63, 3.8) is 0 Å². The van der Waals surface area contributed by atoms with E-state index in [9.17, 15) is 10.1 Å². The maximum absolute atomic E-state index is 11.0. The van der Waals surface area contributed by atoms with Gasteiger partial charge in [-0.2, -0.15) is 0 Å². The molecule has 0 aliphatic rings. The third kappa shape index (κ3) is 2.56. The number of thiazole rings is 1. The molecule has 10 heteroatoms. The van der Waals surface area contributed by atoms with E-state index >= 15 is 0 Å². The predicted octanol–water partition coefficient (Wildman–Crippen LogP) is 2.97. The minimum absolute atomic E-state index is 0.00217. The number of anilines is 3. The molecular formula is C11H7ClN6O2S. The first kappa shape index (κ1) is 13.5. The Morgan fingerprint density at radius 2 is 2.19 bits per heavy atom. The molecule has 3 N–H and O–H groups in total. The molecule has 0 bridgehead atoms. The van der Waals surface area contributed by atoms with E-state index in [-0.39, 0.29) is 17.3 Å². The Morgan fingerprint density at radius 1 is 1.38 bits per heavy atom. The number of benzene rings is 1. The van der Waals surface area contributed by atoms with Gasteiger partial charge in [0.1, 0.15) is 6.33 Å². The Labute approximate surface area is 126 Å². The van der Waals surface area contributed by atoms with Crippen molar-refractivity contribution in [1.29, 1.82) is 0 Å². The van der Waals surface area contributed by atoms with Crippen molar-refractivity contribution in [2.24, 2.45) is 0 Å². The first-order chi connectivity index (χ1) is 10.0. The van der Waals surface area contributed by atoms with Crippen LogP contribution in [0.15, 0.2) is 24.5 Å². The molecule has 0 atom stereocenters. The van der Waals surface area contributed by atoms with E-state index in [2.05, 4.69) is 20.3 Å². The molecule has 8 nitrogen and oxygen atoms in total. The molecule has 3 aromatic rings. The number of aromatic nitrogens is 3. The number of nitro groups is 1. The van der Waals surface area contributed by atoms with Crippen LogP contribution in [0.25, 0.3) is 10.2 Å². The highest BCUT2D eigenvalue weighted by Crippen LogP contribution is 2.33. The molecule has 106 valence electrons. The highest BCUT2D eigenvalue weighted by molar-refractivity contribution is 7.22. The number of nitrogens with one attached hydrogen (secondary N) is 1. The van der Waals surface area contributed by atoms with Crippen LogP contribution in [0.5, 0.6) is 0 Å². The van der Waals surface area contributed by atoms with Gasteiger partial charge in [-0.15, -0.1) is 0 Å². The van der Waals surface area contributed by atoms with E-state index in [1.54, 1.807) is 18.2 Å². The topological polar surface area (TPSA) is 120 Å². The van der Waals surface area contributed by atoms with Gasteiger partial charge in [-0.25, -0.2) is 15.0 Å². The van der Waals surface area contributed by atoms with E-state index in [0.717, 1.165) is 16.5 Å². The number of halogens is 1.